The van der Waals surface area contributed by atoms with Crippen LogP contribution in [0.2, 0.25) is 0 Å². The average molecular weight is 393 g/mol. The Morgan fingerprint density at radius 2 is 1.00 bits per heavy atom. The third-order valence-electron chi connectivity index (χ3n) is 8.36. The van der Waals surface area contributed by atoms with Crippen LogP contribution in [0.5, 0.6) is 0 Å². The third-order valence-corrected chi connectivity index (χ3v) is 9.20. The predicted octanol–water partition coefficient (Wildman–Crippen LogP) is 3.42. The van der Waals surface area contributed by atoms with Gasteiger partial charge in [0, 0.05) is 45.4 Å². The second-order valence-corrected chi connectivity index (χ2v) is 10.1. The van der Waals surface area contributed by atoms with E-state index in [4.69, 9.17) is 23.4 Å². The molecule has 0 saturated carbocycles. The summed E-state index contributed by atoms with van der Waals surface area (Å²) in [5.74, 6) is 27.9. The Bertz CT molecular complexity index is 455. The molecule has 0 aliphatic carbocycles. The summed E-state index contributed by atoms with van der Waals surface area (Å²) < 4.78 is -0.194. The summed E-state index contributed by atoms with van der Waals surface area (Å²) in [4.78, 5) is 0. The van der Waals surface area contributed by atoms with Crippen LogP contribution in [-0.2, 0) is 0 Å². The number of nitrogens with two attached hydrogens (primary N) is 4. The van der Waals surface area contributed by atoms with E-state index in [9.17, 15) is 0 Å². The van der Waals surface area contributed by atoms with Crippen molar-refractivity contribution in [2.75, 3.05) is 0 Å². The molecule has 3 unspecified atom stereocenters. The number of hydrogen-bond acceptors (Lipinski definition) is 4. The van der Waals surface area contributed by atoms with Crippen molar-refractivity contribution in [1.29, 1.82) is 0 Å². The lowest BCUT2D eigenvalue weighted by Gasteiger charge is -2.64. The van der Waals surface area contributed by atoms with Gasteiger partial charge in [0.1, 0.15) is 10.8 Å². The highest BCUT2D eigenvalue weighted by atomic mass is 31.0. The monoisotopic (exact) mass is 392 g/mol. The molecule has 0 bridgehead atoms. The van der Waals surface area contributed by atoms with Crippen molar-refractivity contribution in [1.82, 2.24) is 0 Å². The molecule has 0 aliphatic rings. The highest BCUT2D eigenvalue weighted by Crippen LogP contribution is 2.51. The zero-order valence-corrected chi connectivity index (χ0v) is 20.2. The summed E-state index contributed by atoms with van der Waals surface area (Å²) in [5, 5.41) is -0.392. The largest absolute Gasteiger partial charge is 0.192 e. The molecule has 0 aromatic carbocycles. The number of quaternary nitrogens is 2. The van der Waals surface area contributed by atoms with Gasteiger partial charge in [-0.25, -0.2) is 0 Å². The fraction of sp³-hybridized carbons (Fsp3) is 1.00. The van der Waals surface area contributed by atoms with Crippen LogP contribution in [0.3, 0.4) is 0 Å². The van der Waals surface area contributed by atoms with E-state index >= 15 is 0 Å². The van der Waals surface area contributed by atoms with Crippen molar-refractivity contribution in [2.24, 2.45) is 23.4 Å². The Balaban J connectivity index is 6.94. The molecule has 0 rings (SSSR count). The van der Waals surface area contributed by atoms with Crippen LogP contribution in [0.4, 0.5) is 0 Å². The quantitative estimate of drug-likeness (QED) is 0.187. The highest BCUT2D eigenvalue weighted by Gasteiger charge is 2.72. The molecule has 3 atom stereocenters. The minimum atomic E-state index is -0.520. The van der Waals surface area contributed by atoms with Gasteiger partial charge in [-0.05, 0) is 13.8 Å². The van der Waals surface area contributed by atoms with E-state index in [1.165, 1.54) is 0 Å². The zero-order chi connectivity index (χ0) is 21.2. The maximum Gasteiger partial charge on any atom is 0.192 e. The first-order valence-electron chi connectivity index (χ1n) is 10.3. The molecule has 0 amide bonds. The first-order chi connectivity index (χ1) is 11.6. The topological polar surface area (TPSA) is 104 Å². The smallest absolute Gasteiger partial charge is 0.161 e. The van der Waals surface area contributed by atoms with Crippen molar-refractivity contribution in [2.45, 2.75) is 123 Å². The number of nitrogens with zero attached hydrogens (tertiary/aromatic N) is 2. The van der Waals surface area contributed by atoms with Crippen molar-refractivity contribution in [3.8, 4) is 0 Å². The van der Waals surface area contributed by atoms with Gasteiger partial charge in [0.2, 0.25) is 0 Å². The molecular formula is C19H49N6P+2. The van der Waals surface area contributed by atoms with Crippen LogP contribution in [0.25, 0.3) is 0 Å². The second-order valence-electron chi connectivity index (χ2n) is 8.84. The Labute approximate surface area is 165 Å². The van der Waals surface area contributed by atoms with Gasteiger partial charge in [-0.3, -0.25) is 0 Å². The van der Waals surface area contributed by atoms with E-state index in [-0.39, 0.29) is 14.9 Å². The van der Waals surface area contributed by atoms with E-state index < -0.39 is 16.4 Å². The summed E-state index contributed by atoms with van der Waals surface area (Å²) in [6.07, 6.45) is 4.98. The fourth-order valence-corrected chi connectivity index (χ4v) is 5.24. The van der Waals surface area contributed by atoms with Gasteiger partial charge in [-0.15, -0.1) is 0 Å². The van der Waals surface area contributed by atoms with Gasteiger partial charge in [-0.1, -0.05) is 50.8 Å². The van der Waals surface area contributed by atoms with Crippen molar-refractivity contribution in [3.05, 3.63) is 0 Å². The molecule has 7 heteroatoms. The summed E-state index contributed by atoms with van der Waals surface area (Å²) in [7, 11) is 2.89. The summed E-state index contributed by atoms with van der Waals surface area (Å²) in [6, 6.07) is 0. The van der Waals surface area contributed by atoms with Gasteiger partial charge in [-0.2, -0.15) is 32.8 Å². The molecule has 26 heavy (non-hydrogen) atoms. The van der Waals surface area contributed by atoms with Gasteiger partial charge in [0.15, 0.2) is 11.1 Å². The Morgan fingerprint density at radius 1 is 0.615 bits per heavy atom. The molecule has 0 saturated heterocycles. The molecule has 0 aromatic heterocycles. The van der Waals surface area contributed by atoms with E-state index in [1.807, 2.05) is 0 Å². The standard InChI is InChI=1S/C19H49N6P/c1-10-16(7,11-2)24(20,21)17(8,12-3)19(14-5,15-6)25(22,23)18(9,26)13-4/h10-15,20-23,26H2,1-9H3/q+2. The zero-order valence-electron chi connectivity index (χ0n) is 19.0. The third kappa shape index (κ3) is 3.26. The first kappa shape index (κ1) is 26.2. The Hall–Kier alpha value is 0.190. The van der Waals surface area contributed by atoms with E-state index in [0.29, 0.717) is 0 Å². The molecule has 0 fully saturated rings. The molecule has 6 nitrogen and oxygen atoms in total. The molecule has 0 aromatic rings. The van der Waals surface area contributed by atoms with Crippen LogP contribution in [0.15, 0.2) is 0 Å². The maximum absolute atomic E-state index is 7.01. The van der Waals surface area contributed by atoms with Crippen LogP contribution < -0.4 is 23.4 Å². The van der Waals surface area contributed by atoms with Crippen LogP contribution in [0, 0.1) is 0 Å². The normalized spacial score (nSPS) is 19.2. The van der Waals surface area contributed by atoms with Crippen LogP contribution in [0.1, 0.15) is 101 Å². The SMILES string of the molecule is CCC(C)(P)[N+](N)(N)C(CC)(CC)C(C)(CC)[N+](N)(N)C(C)(CC)CC. The highest BCUT2D eigenvalue weighted by molar-refractivity contribution is 7.18. The molecule has 8 N–H and O–H groups in total. The van der Waals surface area contributed by atoms with Gasteiger partial charge < -0.3 is 0 Å². The summed E-state index contributed by atoms with van der Waals surface area (Å²) in [5.41, 5.74) is -1.29. The van der Waals surface area contributed by atoms with Crippen molar-refractivity contribution in [3.63, 3.8) is 0 Å². The predicted molar refractivity (Wildman–Crippen MR) is 117 cm³/mol. The number of rotatable bonds is 11. The lowest BCUT2D eigenvalue weighted by molar-refractivity contribution is -1.11. The first-order valence-corrected chi connectivity index (χ1v) is 10.9. The van der Waals surface area contributed by atoms with E-state index in [1.54, 1.807) is 0 Å². The van der Waals surface area contributed by atoms with Gasteiger partial charge >= 0.3 is 0 Å². The van der Waals surface area contributed by atoms with E-state index in [2.05, 4.69) is 71.6 Å². The average Bonchev–Trinajstić information content (AvgIpc) is 2.61. The molecule has 0 heterocycles. The van der Waals surface area contributed by atoms with E-state index in [0.717, 1.165) is 38.5 Å². The molecule has 158 valence electrons. The summed E-state index contributed by atoms with van der Waals surface area (Å²) in [6.45, 7) is 19.4. The Kier molecular flexibility index (Phi) is 8.34. The van der Waals surface area contributed by atoms with Gasteiger partial charge in [0.05, 0.1) is 0 Å². The van der Waals surface area contributed by atoms with Crippen molar-refractivity contribution < 1.29 is 9.40 Å². The molecule has 0 radical (unpaired) electrons. The van der Waals surface area contributed by atoms with Crippen LogP contribution >= 0.6 is 9.24 Å². The number of hydrogen-bond donors (Lipinski definition) is 4. The lowest BCUT2D eigenvalue weighted by Crippen LogP contribution is -2.94. The minimum Gasteiger partial charge on any atom is -0.161 e. The van der Waals surface area contributed by atoms with Crippen molar-refractivity contribution >= 4 is 9.24 Å². The Morgan fingerprint density at radius 3 is 1.23 bits per heavy atom. The minimum absolute atomic E-state index is 0.0793. The summed E-state index contributed by atoms with van der Waals surface area (Å²) >= 11 is 0. The van der Waals surface area contributed by atoms with Crippen LogP contribution in [-0.4, -0.2) is 31.3 Å². The molecular weight excluding hydrogens is 343 g/mol. The lowest BCUT2D eigenvalue weighted by atomic mass is 9.67. The molecule has 0 aliphatic heterocycles. The maximum atomic E-state index is 7.01. The molecule has 0 spiro atoms. The fourth-order valence-electron chi connectivity index (χ4n) is 4.99. The van der Waals surface area contributed by atoms with Gasteiger partial charge in [0.25, 0.3) is 0 Å². The second kappa shape index (κ2) is 8.28.